The molecule has 1 atom stereocenters. The number of para-hydroxylation sites is 1. The highest BCUT2D eigenvalue weighted by atomic mass is 31.2. The van der Waals surface area contributed by atoms with Crippen LogP contribution in [0.25, 0.3) is 10.9 Å². The van der Waals surface area contributed by atoms with Gasteiger partial charge in [-0.05, 0) is 37.4 Å². The molecule has 24 heavy (non-hydrogen) atoms. The Balaban J connectivity index is 2.46. The van der Waals surface area contributed by atoms with Crippen LogP contribution in [0, 0.1) is 6.92 Å². The first-order valence-electron chi connectivity index (χ1n) is 8.15. The predicted octanol–water partition coefficient (Wildman–Crippen LogP) is 4.98. The molecule has 0 fully saturated rings. The van der Waals surface area contributed by atoms with Gasteiger partial charge in [0.25, 0.3) is 0 Å². The molecule has 0 N–H and O–H groups in total. The van der Waals surface area contributed by atoms with Gasteiger partial charge in [-0.15, -0.1) is 0 Å². The van der Waals surface area contributed by atoms with Gasteiger partial charge < -0.3 is 4.57 Å². The molecule has 0 spiro atoms. The summed E-state index contributed by atoms with van der Waals surface area (Å²) in [4.78, 5) is 0. The number of rotatable bonds is 4. The molecule has 1 heterocycles. The predicted molar refractivity (Wildman–Crippen MR) is 111 cm³/mol. The van der Waals surface area contributed by atoms with Crippen molar-refractivity contribution < 1.29 is 0 Å². The Labute approximate surface area is 144 Å². The third-order valence-corrected chi connectivity index (χ3v) is 8.77. The molecule has 0 aliphatic heterocycles. The van der Waals surface area contributed by atoms with Crippen LogP contribution < -0.4 is 10.6 Å². The highest BCUT2D eigenvalue weighted by molar-refractivity contribution is 7.91. The van der Waals surface area contributed by atoms with E-state index in [1.165, 1.54) is 32.5 Å². The Kier molecular flexibility index (Phi) is 4.39. The molecule has 1 aromatic heterocycles. The fourth-order valence-corrected chi connectivity index (χ4v) is 6.83. The molecule has 2 aromatic carbocycles. The van der Waals surface area contributed by atoms with E-state index in [4.69, 9.17) is 6.30 Å². The lowest BCUT2D eigenvalue weighted by Crippen LogP contribution is -2.19. The minimum absolute atomic E-state index is 1.26. The van der Waals surface area contributed by atoms with Crippen LogP contribution in [0.3, 0.4) is 0 Å². The van der Waals surface area contributed by atoms with E-state index in [2.05, 4.69) is 92.7 Å². The van der Waals surface area contributed by atoms with Gasteiger partial charge in [-0.1, -0.05) is 73.6 Å². The van der Waals surface area contributed by atoms with Gasteiger partial charge in [0, 0.05) is 28.9 Å². The number of aryl methyl sites for hydroxylation is 1. The Morgan fingerprint density at radius 1 is 1.04 bits per heavy atom. The van der Waals surface area contributed by atoms with Crippen molar-refractivity contribution in [1.82, 2.24) is 4.57 Å². The average Bonchev–Trinajstić information content (AvgIpc) is 2.87. The molecule has 2 heteroatoms. The van der Waals surface area contributed by atoms with Gasteiger partial charge in [0.15, 0.2) is 0 Å². The van der Waals surface area contributed by atoms with Crippen molar-refractivity contribution in [1.29, 1.82) is 0 Å². The van der Waals surface area contributed by atoms with Crippen LogP contribution in [-0.4, -0.2) is 10.9 Å². The summed E-state index contributed by atoms with van der Waals surface area (Å²) in [5, 5.41) is 5.28. The second-order valence-corrected chi connectivity index (χ2v) is 9.49. The third-order valence-electron chi connectivity index (χ3n) is 4.91. The van der Waals surface area contributed by atoms with Gasteiger partial charge in [-0.25, -0.2) is 0 Å². The lowest BCUT2D eigenvalue weighted by atomic mass is 10.2. The number of allylic oxidation sites excluding steroid dienone is 3. The molecule has 0 saturated carbocycles. The molecular weight excluding hydrogens is 309 g/mol. The first-order chi connectivity index (χ1) is 11.5. The molecule has 0 amide bonds. The molecule has 0 saturated heterocycles. The quantitative estimate of drug-likeness (QED) is 0.469. The monoisotopic (exact) mass is 333 g/mol. The van der Waals surface area contributed by atoms with Gasteiger partial charge in [0.05, 0.1) is 0 Å². The van der Waals surface area contributed by atoms with E-state index in [1.807, 2.05) is 6.08 Å². The number of hydrogen-bond donors (Lipinski definition) is 0. The number of benzene rings is 2. The standard InChI is InChI=1S/C22H24NP/c1-6-12-17(2)24(5,19-13-8-7-9-14-19)22-18(3)23(4)21-16-11-10-15-20(21)22/h6-16H,1,5H2,2-4H3. The van der Waals surface area contributed by atoms with E-state index < -0.39 is 6.89 Å². The summed E-state index contributed by atoms with van der Waals surface area (Å²) in [5.41, 5.74) is 2.56. The Morgan fingerprint density at radius 3 is 2.33 bits per heavy atom. The SMILES string of the molecule is C=CC=C(C)P(=C)(c1ccccc1)c1c(C)n(C)c2ccccc12. The molecule has 0 bridgehead atoms. The van der Waals surface area contributed by atoms with E-state index in [9.17, 15) is 0 Å². The molecule has 0 aliphatic carbocycles. The van der Waals surface area contributed by atoms with Crippen LogP contribution >= 0.6 is 6.89 Å². The second kappa shape index (κ2) is 6.34. The van der Waals surface area contributed by atoms with E-state index in [-0.39, 0.29) is 0 Å². The average molecular weight is 333 g/mol. The molecule has 1 unspecified atom stereocenters. The fraction of sp³-hybridized carbons (Fsp3) is 0.136. The van der Waals surface area contributed by atoms with Crippen molar-refractivity contribution in [3.05, 3.63) is 84.3 Å². The summed E-state index contributed by atoms with van der Waals surface area (Å²) >= 11 is 0. The van der Waals surface area contributed by atoms with E-state index in [0.29, 0.717) is 0 Å². The Morgan fingerprint density at radius 2 is 1.67 bits per heavy atom. The van der Waals surface area contributed by atoms with E-state index in [1.54, 1.807) is 0 Å². The van der Waals surface area contributed by atoms with Crippen molar-refractivity contribution in [3.8, 4) is 0 Å². The Hall–Kier alpha value is -2.24. The van der Waals surface area contributed by atoms with Gasteiger partial charge in [-0.3, -0.25) is 0 Å². The lowest BCUT2D eigenvalue weighted by molar-refractivity contribution is 0.923. The van der Waals surface area contributed by atoms with Gasteiger partial charge in [0.1, 0.15) is 0 Å². The molecule has 122 valence electrons. The zero-order valence-electron chi connectivity index (χ0n) is 14.7. The lowest BCUT2D eigenvalue weighted by Gasteiger charge is -2.27. The van der Waals surface area contributed by atoms with E-state index in [0.717, 1.165) is 0 Å². The highest BCUT2D eigenvalue weighted by Gasteiger charge is 2.27. The largest absolute Gasteiger partial charge is 0.347 e. The molecule has 3 rings (SSSR count). The Bertz CT molecular complexity index is 974. The van der Waals surface area contributed by atoms with Crippen molar-refractivity contribution >= 4 is 34.7 Å². The van der Waals surface area contributed by atoms with Crippen LogP contribution in [0.15, 0.2) is 78.6 Å². The van der Waals surface area contributed by atoms with Crippen molar-refractivity contribution in [3.63, 3.8) is 0 Å². The van der Waals surface area contributed by atoms with E-state index >= 15 is 0 Å². The van der Waals surface area contributed by atoms with Crippen LogP contribution in [0.1, 0.15) is 12.6 Å². The summed E-state index contributed by atoms with van der Waals surface area (Å²) in [7, 11) is 2.14. The number of nitrogens with zero attached hydrogens (tertiary/aromatic N) is 1. The normalized spacial score (nSPS) is 14.5. The molecule has 3 aromatic rings. The number of fused-ring (bicyclic) bond motifs is 1. The fourth-order valence-electron chi connectivity index (χ4n) is 3.47. The van der Waals surface area contributed by atoms with Crippen LogP contribution in [0.4, 0.5) is 0 Å². The number of hydrogen-bond acceptors (Lipinski definition) is 0. The maximum atomic E-state index is 4.83. The molecule has 0 radical (unpaired) electrons. The minimum atomic E-state index is -1.92. The van der Waals surface area contributed by atoms with Crippen molar-refractivity contribution in [2.24, 2.45) is 7.05 Å². The molecular formula is C22H24NP. The first kappa shape index (κ1) is 16.6. The van der Waals surface area contributed by atoms with Crippen LogP contribution in [-0.2, 0) is 7.05 Å². The second-order valence-electron chi connectivity index (χ2n) is 6.20. The maximum absolute atomic E-state index is 4.83. The van der Waals surface area contributed by atoms with Gasteiger partial charge in [0.2, 0.25) is 0 Å². The van der Waals surface area contributed by atoms with Crippen molar-refractivity contribution in [2.45, 2.75) is 13.8 Å². The summed E-state index contributed by atoms with van der Waals surface area (Å²) in [6, 6.07) is 19.3. The van der Waals surface area contributed by atoms with Crippen LogP contribution in [0.5, 0.6) is 0 Å². The minimum Gasteiger partial charge on any atom is -0.347 e. The zero-order chi connectivity index (χ0) is 17.3. The van der Waals surface area contributed by atoms with Crippen LogP contribution in [0.2, 0.25) is 0 Å². The summed E-state index contributed by atoms with van der Waals surface area (Å²) in [6.07, 6.45) is 8.83. The molecule has 0 aliphatic rings. The van der Waals surface area contributed by atoms with Gasteiger partial charge in [-0.2, -0.15) is 0 Å². The maximum Gasteiger partial charge on any atom is 0.0486 e. The summed E-state index contributed by atoms with van der Waals surface area (Å²) in [5.74, 6) is 0. The smallest absolute Gasteiger partial charge is 0.0486 e. The van der Waals surface area contributed by atoms with Gasteiger partial charge >= 0.3 is 0 Å². The van der Waals surface area contributed by atoms with Crippen molar-refractivity contribution in [2.75, 3.05) is 0 Å². The summed E-state index contributed by atoms with van der Waals surface area (Å²) in [6.45, 7) is 6.37. The summed E-state index contributed by atoms with van der Waals surface area (Å²) < 4.78 is 2.29. The zero-order valence-corrected chi connectivity index (χ0v) is 15.6. The highest BCUT2D eigenvalue weighted by Crippen LogP contribution is 2.53. The number of aromatic nitrogens is 1. The molecule has 1 nitrogen and oxygen atoms in total. The topological polar surface area (TPSA) is 4.93 Å². The first-order valence-corrected chi connectivity index (χ1v) is 10.1. The third kappa shape index (κ3) is 2.41.